The van der Waals surface area contributed by atoms with Crippen molar-refractivity contribution in [2.75, 3.05) is 6.61 Å². The minimum absolute atomic E-state index is 0.0292. The van der Waals surface area contributed by atoms with Gasteiger partial charge in [0.1, 0.15) is 5.75 Å². The Morgan fingerprint density at radius 2 is 2.31 bits per heavy atom. The van der Waals surface area contributed by atoms with Crippen molar-refractivity contribution >= 4 is 5.78 Å². The molecule has 0 heterocycles. The summed E-state index contributed by atoms with van der Waals surface area (Å²) >= 11 is 0. The van der Waals surface area contributed by atoms with Crippen LogP contribution in [0.3, 0.4) is 0 Å². The van der Waals surface area contributed by atoms with Gasteiger partial charge in [-0.05, 0) is 19.1 Å². The van der Waals surface area contributed by atoms with E-state index in [1.807, 2.05) is 19.1 Å². The highest BCUT2D eigenvalue weighted by Gasteiger charge is 2.03. The molecule has 69 valence electrons. The van der Waals surface area contributed by atoms with Gasteiger partial charge >= 0.3 is 0 Å². The van der Waals surface area contributed by atoms with Gasteiger partial charge < -0.3 is 4.74 Å². The zero-order chi connectivity index (χ0) is 9.68. The lowest BCUT2D eigenvalue weighted by Gasteiger charge is -2.03. The number of carbonyl (C=O) groups excluding carboxylic acids is 1. The summed E-state index contributed by atoms with van der Waals surface area (Å²) < 4.78 is 5.28. The molecular weight excluding hydrogens is 164 g/mol. The molecule has 0 aliphatic carbocycles. The van der Waals surface area contributed by atoms with Gasteiger partial charge in [-0.2, -0.15) is 0 Å². The van der Waals surface area contributed by atoms with E-state index >= 15 is 0 Å². The molecule has 0 saturated carbocycles. The lowest BCUT2D eigenvalue weighted by molar-refractivity contribution is 0.103. The Morgan fingerprint density at radius 3 is 2.92 bits per heavy atom. The van der Waals surface area contributed by atoms with E-state index < -0.39 is 0 Å². The van der Waals surface area contributed by atoms with Crippen LogP contribution < -0.4 is 4.74 Å². The molecule has 0 aliphatic rings. The van der Waals surface area contributed by atoms with Gasteiger partial charge in [0.2, 0.25) is 0 Å². The van der Waals surface area contributed by atoms with Crippen molar-refractivity contribution < 1.29 is 9.53 Å². The van der Waals surface area contributed by atoms with Crippen LogP contribution in [0, 0.1) is 6.42 Å². The highest BCUT2D eigenvalue weighted by atomic mass is 16.5. The minimum Gasteiger partial charge on any atom is -0.494 e. The summed E-state index contributed by atoms with van der Waals surface area (Å²) in [4.78, 5) is 11.3. The van der Waals surface area contributed by atoms with Gasteiger partial charge in [-0.25, -0.2) is 0 Å². The molecule has 0 aliphatic heterocycles. The standard InChI is InChI=1S/C11H13O2/c1-3-11(12)9-6-5-7-10(8-9)13-4-2/h3,5-8H,4H2,1-2H3. The molecule has 0 saturated heterocycles. The van der Waals surface area contributed by atoms with Crippen molar-refractivity contribution in [2.45, 2.75) is 13.8 Å². The van der Waals surface area contributed by atoms with Crippen LogP contribution in [0.1, 0.15) is 24.2 Å². The van der Waals surface area contributed by atoms with E-state index in [9.17, 15) is 4.79 Å². The van der Waals surface area contributed by atoms with Gasteiger partial charge in [0.05, 0.1) is 6.61 Å². The van der Waals surface area contributed by atoms with Gasteiger partial charge in [-0.15, -0.1) is 0 Å². The molecule has 0 amide bonds. The van der Waals surface area contributed by atoms with Crippen LogP contribution in [-0.2, 0) is 0 Å². The summed E-state index contributed by atoms with van der Waals surface area (Å²) in [7, 11) is 0. The van der Waals surface area contributed by atoms with Crippen LogP contribution in [0.25, 0.3) is 0 Å². The van der Waals surface area contributed by atoms with Crippen molar-refractivity contribution in [3.05, 3.63) is 36.2 Å². The van der Waals surface area contributed by atoms with E-state index in [4.69, 9.17) is 4.74 Å². The Morgan fingerprint density at radius 1 is 1.54 bits per heavy atom. The molecule has 2 heteroatoms. The quantitative estimate of drug-likeness (QED) is 0.660. The number of benzene rings is 1. The minimum atomic E-state index is 0.0292. The molecule has 0 fully saturated rings. The number of ketones is 1. The maximum atomic E-state index is 11.3. The first-order valence-electron chi connectivity index (χ1n) is 4.34. The fourth-order valence-electron chi connectivity index (χ4n) is 1.07. The van der Waals surface area contributed by atoms with Crippen molar-refractivity contribution in [3.63, 3.8) is 0 Å². The lowest BCUT2D eigenvalue weighted by Crippen LogP contribution is -1.98. The van der Waals surface area contributed by atoms with Crippen molar-refractivity contribution in [2.24, 2.45) is 0 Å². The summed E-state index contributed by atoms with van der Waals surface area (Å²) in [5.41, 5.74) is 0.674. The summed E-state index contributed by atoms with van der Waals surface area (Å²) in [5, 5.41) is 0. The van der Waals surface area contributed by atoms with E-state index in [0.717, 1.165) is 5.75 Å². The van der Waals surface area contributed by atoms with Crippen LogP contribution in [0.2, 0.25) is 0 Å². The van der Waals surface area contributed by atoms with Crippen LogP contribution in [0.5, 0.6) is 5.75 Å². The first-order valence-corrected chi connectivity index (χ1v) is 4.34. The molecule has 0 bridgehead atoms. The molecular formula is C11H13O2. The van der Waals surface area contributed by atoms with Gasteiger partial charge in [0.25, 0.3) is 0 Å². The summed E-state index contributed by atoms with van der Waals surface area (Å²) in [5.74, 6) is 0.775. The summed E-state index contributed by atoms with van der Waals surface area (Å²) in [6.07, 6.45) is 1.55. The molecule has 1 radical (unpaired) electrons. The van der Waals surface area contributed by atoms with Crippen LogP contribution in [0.15, 0.2) is 24.3 Å². The molecule has 0 spiro atoms. The molecule has 1 aromatic rings. The number of hydrogen-bond acceptors (Lipinski definition) is 2. The number of ether oxygens (including phenoxy) is 1. The Bertz CT molecular complexity index is 292. The SMILES string of the molecule is C[CH]C(=O)c1cccc(OCC)c1. The highest BCUT2D eigenvalue weighted by molar-refractivity contribution is 6.02. The summed E-state index contributed by atoms with van der Waals surface area (Å²) in [6.45, 7) is 4.27. The smallest absolute Gasteiger partial charge is 0.166 e. The number of rotatable bonds is 4. The molecule has 1 aromatic carbocycles. The van der Waals surface area contributed by atoms with Gasteiger partial charge in [0, 0.05) is 12.0 Å². The third kappa shape index (κ3) is 2.58. The van der Waals surface area contributed by atoms with Gasteiger partial charge in [-0.1, -0.05) is 19.1 Å². The van der Waals surface area contributed by atoms with Crippen molar-refractivity contribution in [3.8, 4) is 5.75 Å². The monoisotopic (exact) mass is 177 g/mol. The Labute approximate surface area is 78.5 Å². The van der Waals surface area contributed by atoms with E-state index in [0.29, 0.717) is 12.2 Å². The Hall–Kier alpha value is -1.31. The van der Waals surface area contributed by atoms with E-state index in [-0.39, 0.29) is 5.78 Å². The van der Waals surface area contributed by atoms with Crippen molar-refractivity contribution in [1.82, 2.24) is 0 Å². The predicted molar refractivity (Wildman–Crippen MR) is 51.9 cm³/mol. The number of Topliss-reactive ketones (excluding diaryl/α,β-unsaturated/α-hetero) is 1. The van der Waals surface area contributed by atoms with E-state index in [2.05, 4.69) is 0 Å². The van der Waals surface area contributed by atoms with Crippen LogP contribution in [-0.4, -0.2) is 12.4 Å². The average molecular weight is 177 g/mol. The van der Waals surface area contributed by atoms with Crippen molar-refractivity contribution in [1.29, 1.82) is 0 Å². The predicted octanol–water partition coefficient (Wildman–Crippen LogP) is 2.49. The molecule has 0 atom stereocenters. The number of carbonyl (C=O) groups is 1. The average Bonchev–Trinajstić information content (AvgIpc) is 2.18. The largest absolute Gasteiger partial charge is 0.494 e. The summed E-state index contributed by atoms with van der Waals surface area (Å²) in [6, 6.07) is 7.20. The second kappa shape index (κ2) is 4.65. The molecule has 0 N–H and O–H groups in total. The molecule has 0 aromatic heterocycles. The molecule has 13 heavy (non-hydrogen) atoms. The molecule has 0 unspecified atom stereocenters. The Balaban J connectivity index is 2.85. The lowest BCUT2D eigenvalue weighted by atomic mass is 10.1. The fourth-order valence-corrected chi connectivity index (χ4v) is 1.07. The molecule has 1 rings (SSSR count). The highest BCUT2D eigenvalue weighted by Crippen LogP contribution is 2.14. The first kappa shape index (κ1) is 9.78. The van der Waals surface area contributed by atoms with E-state index in [1.54, 1.807) is 25.5 Å². The third-order valence-electron chi connectivity index (χ3n) is 1.69. The third-order valence-corrected chi connectivity index (χ3v) is 1.69. The zero-order valence-electron chi connectivity index (χ0n) is 7.91. The van der Waals surface area contributed by atoms with Gasteiger partial charge in [0.15, 0.2) is 5.78 Å². The van der Waals surface area contributed by atoms with E-state index in [1.165, 1.54) is 0 Å². The van der Waals surface area contributed by atoms with Crippen LogP contribution in [0.4, 0.5) is 0 Å². The Kier molecular flexibility index (Phi) is 3.50. The van der Waals surface area contributed by atoms with Gasteiger partial charge in [-0.3, -0.25) is 4.79 Å². The second-order valence-electron chi connectivity index (χ2n) is 2.61. The zero-order valence-corrected chi connectivity index (χ0v) is 7.91. The normalized spacial score (nSPS) is 9.69. The molecule has 2 nitrogen and oxygen atoms in total. The maximum absolute atomic E-state index is 11.3. The number of hydrogen-bond donors (Lipinski definition) is 0. The fraction of sp³-hybridized carbons (Fsp3) is 0.273. The first-order chi connectivity index (χ1) is 6.27. The van der Waals surface area contributed by atoms with Crippen LogP contribution >= 0.6 is 0 Å². The second-order valence-corrected chi connectivity index (χ2v) is 2.61. The maximum Gasteiger partial charge on any atom is 0.166 e. The topological polar surface area (TPSA) is 26.3 Å².